The first-order valence-corrected chi connectivity index (χ1v) is 6.20. The van der Waals surface area contributed by atoms with Gasteiger partial charge in [-0.3, -0.25) is 4.90 Å². The van der Waals surface area contributed by atoms with Crippen molar-refractivity contribution in [1.29, 1.82) is 0 Å². The molecule has 2 rings (SSSR count). The van der Waals surface area contributed by atoms with Crippen LogP contribution in [0.15, 0.2) is 0 Å². The second-order valence-corrected chi connectivity index (χ2v) is 5.36. The van der Waals surface area contributed by atoms with Crippen LogP contribution in [-0.4, -0.2) is 29.6 Å². The summed E-state index contributed by atoms with van der Waals surface area (Å²) in [5, 5.41) is 0. The molecule has 0 spiro atoms. The van der Waals surface area contributed by atoms with Crippen molar-refractivity contribution in [3.05, 3.63) is 0 Å². The molecular weight excluding hydrogens is 172 g/mol. The van der Waals surface area contributed by atoms with Crippen LogP contribution in [-0.2, 0) is 0 Å². The van der Waals surface area contributed by atoms with Gasteiger partial charge in [0.2, 0.25) is 0 Å². The summed E-state index contributed by atoms with van der Waals surface area (Å²) in [6, 6.07) is 1.87. The highest BCUT2D eigenvalue weighted by molar-refractivity contribution is 4.92. The fourth-order valence-electron chi connectivity index (χ4n) is 3.21. The third-order valence-electron chi connectivity index (χ3n) is 4.24. The Bertz CT molecular complexity index is 193. The smallest absolute Gasteiger partial charge is 0.0222 e. The van der Waals surface area contributed by atoms with Gasteiger partial charge in [0, 0.05) is 24.7 Å². The topological polar surface area (TPSA) is 29.3 Å². The fourth-order valence-corrected chi connectivity index (χ4v) is 3.21. The molecule has 0 aromatic rings. The van der Waals surface area contributed by atoms with E-state index in [1.54, 1.807) is 0 Å². The molecule has 0 aromatic carbocycles. The van der Waals surface area contributed by atoms with E-state index in [2.05, 4.69) is 18.7 Å². The Morgan fingerprint density at radius 3 is 2.50 bits per heavy atom. The van der Waals surface area contributed by atoms with Crippen molar-refractivity contribution < 1.29 is 0 Å². The summed E-state index contributed by atoms with van der Waals surface area (Å²) >= 11 is 0. The van der Waals surface area contributed by atoms with Gasteiger partial charge in [-0.1, -0.05) is 19.8 Å². The van der Waals surface area contributed by atoms with Gasteiger partial charge in [-0.15, -0.1) is 0 Å². The zero-order valence-corrected chi connectivity index (χ0v) is 9.58. The second kappa shape index (κ2) is 4.19. The molecule has 2 fully saturated rings. The van der Waals surface area contributed by atoms with Gasteiger partial charge < -0.3 is 5.73 Å². The summed E-state index contributed by atoms with van der Waals surface area (Å²) in [7, 11) is 0. The third kappa shape index (κ3) is 1.96. The van der Waals surface area contributed by atoms with Crippen molar-refractivity contribution >= 4 is 0 Å². The summed E-state index contributed by atoms with van der Waals surface area (Å²) in [6.45, 7) is 5.93. The predicted octanol–water partition coefficient (Wildman–Crippen LogP) is 1.99. The quantitative estimate of drug-likeness (QED) is 0.695. The normalized spacial score (nSPS) is 45.6. The summed E-state index contributed by atoms with van der Waals surface area (Å²) in [5.41, 5.74) is 6.07. The summed E-state index contributed by atoms with van der Waals surface area (Å²) in [6.07, 6.45) is 6.86. The highest BCUT2D eigenvalue weighted by Crippen LogP contribution is 2.31. The van der Waals surface area contributed by atoms with Crippen molar-refractivity contribution in [2.45, 2.75) is 64.1 Å². The molecule has 2 heteroatoms. The maximum Gasteiger partial charge on any atom is 0.0222 e. The number of hydrogen-bond donors (Lipinski definition) is 1. The molecule has 4 atom stereocenters. The summed E-state index contributed by atoms with van der Waals surface area (Å²) < 4.78 is 0. The van der Waals surface area contributed by atoms with E-state index in [0.29, 0.717) is 12.1 Å². The number of likely N-dealkylation sites (tertiary alicyclic amines) is 1. The minimum absolute atomic E-state index is 0.423. The molecular formula is C12H24N2. The number of nitrogens with zero attached hydrogens (tertiary/aromatic N) is 1. The molecule has 82 valence electrons. The molecule has 2 N–H and O–H groups in total. The maximum absolute atomic E-state index is 6.07. The van der Waals surface area contributed by atoms with Crippen LogP contribution in [0.5, 0.6) is 0 Å². The molecule has 14 heavy (non-hydrogen) atoms. The van der Waals surface area contributed by atoms with Crippen LogP contribution in [0.2, 0.25) is 0 Å². The van der Waals surface area contributed by atoms with Crippen molar-refractivity contribution in [2.24, 2.45) is 11.7 Å². The van der Waals surface area contributed by atoms with E-state index in [0.717, 1.165) is 12.0 Å². The van der Waals surface area contributed by atoms with E-state index in [-0.39, 0.29) is 0 Å². The number of nitrogens with two attached hydrogens (primary N) is 1. The molecule has 0 amide bonds. The first-order valence-electron chi connectivity index (χ1n) is 6.20. The van der Waals surface area contributed by atoms with Crippen LogP contribution in [0.3, 0.4) is 0 Å². The molecule has 4 unspecified atom stereocenters. The SMILES string of the molecule is CC1CCCC(N2CCC(N)C2C)C1. The molecule has 1 saturated carbocycles. The molecule has 1 aliphatic heterocycles. The largest absolute Gasteiger partial charge is 0.326 e. The standard InChI is InChI=1S/C12H24N2/c1-9-4-3-5-11(8-9)14-7-6-12(13)10(14)2/h9-12H,3-8,13H2,1-2H3. The number of hydrogen-bond acceptors (Lipinski definition) is 2. The van der Waals surface area contributed by atoms with Crippen LogP contribution >= 0.6 is 0 Å². The van der Waals surface area contributed by atoms with Gasteiger partial charge in [-0.05, 0) is 32.1 Å². The molecule has 1 saturated heterocycles. The maximum atomic E-state index is 6.07. The highest BCUT2D eigenvalue weighted by atomic mass is 15.2. The van der Waals surface area contributed by atoms with E-state index >= 15 is 0 Å². The average molecular weight is 196 g/mol. The van der Waals surface area contributed by atoms with Crippen molar-refractivity contribution in [2.75, 3.05) is 6.54 Å². The molecule has 2 nitrogen and oxygen atoms in total. The van der Waals surface area contributed by atoms with Crippen molar-refractivity contribution in [3.8, 4) is 0 Å². The van der Waals surface area contributed by atoms with E-state index < -0.39 is 0 Å². The van der Waals surface area contributed by atoms with E-state index in [9.17, 15) is 0 Å². The summed E-state index contributed by atoms with van der Waals surface area (Å²) in [5.74, 6) is 0.928. The van der Waals surface area contributed by atoms with Crippen molar-refractivity contribution in [3.63, 3.8) is 0 Å². The van der Waals surface area contributed by atoms with Gasteiger partial charge in [0.1, 0.15) is 0 Å². The number of rotatable bonds is 1. The van der Waals surface area contributed by atoms with Gasteiger partial charge >= 0.3 is 0 Å². The Labute approximate surface area is 87.8 Å². The lowest BCUT2D eigenvalue weighted by molar-refractivity contribution is 0.126. The Balaban J connectivity index is 1.94. The average Bonchev–Trinajstić information content (AvgIpc) is 2.48. The lowest BCUT2D eigenvalue weighted by atomic mass is 9.86. The Morgan fingerprint density at radius 2 is 1.93 bits per heavy atom. The monoisotopic (exact) mass is 196 g/mol. The Morgan fingerprint density at radius 1 is 1.14 bits per heavy atom. The van der Waals surface area contributed by atoms with Crippen molar-refractivity contribution in [1.82, 2.24) is 4.90 Å². The second-order valence-electron chi connectivity index (χ2n) is 5.36. The minimum Gasteiger partial charge on any atom is -0.326 e. The molecule has 0 radical (unpaired) electrons. The lowest BCUT2D eigenvalue weighted by Gasteiger charge is -2.37. The molecule has 1 aliphatic carbocycles. The van der Waals surface area contributed by atoms with Crippen LogP contribution in [0.1, 0.15) is 46.0 Å². The van der Waals surface area contributed by atoms with E-state index in [1.165, 1.54) is 38.6 Å². The van der Waals surface area contributed by atoms with E-state index in [1.807, 2.05) is 0 Å². The first-order chi connectivity index (χ1) is 6.68. The third-order valence-corrected chi connectivity index (χ3v) is 4.24. The fraction of sp³-hybridized carbons (Fsp3) is 1.00. The highest BCUT2D eigenvalue weighted by Gasteiger charge is 2.34. The van der Waals surface area contributed by atoms with E-state index in [4.69, 9.17) is 5.73 Å². The van der Waals surface area contributed by atoms with Crippen LogP contribution in [0.4, 0.5) is 0 Å². The zero-order chi connectivity index (χ0) is 10.1. The Kier molecular flexibility index (Phi) is 3.13. The van der Waals surface area contributed by atoms with Crippen LogP contribution in [0, 0.1) is 5.92 Å². The van der Waals surface area contributed by atoms with Gasteiger partial charge in [0.25, 0.3) is 0 Å². The molecule has 1 heterocycles. The predicted molar refractivity (Wildman–Crippen MR) is 60.2 cm³/mol. The molecule has 0 aromatic heterocycles. The van der Waals surface area contributed by atoms with Gasteiger partial charge in [-0.25, -0.2) is 0 Å². The zero-order valence-electron chi connectivity index (χ0n) is 9.58. The van der Waals surface area contributed by atoms with Crippen LogP contribution in [0.25, 0.3) is 0 Å². The minimum atomic E-state index is 0.423. The first kappa shape index (κ1) is 10.4. The van der Waals surface area contributed by atoms with Gasteiger partial charge in [0.15, 0.2) is 0 Å². The van der Waals surface area contributed by atoms with Gasteiger partial charge in [-0.2, -0.15) is 0 Å². The summed E-state index contributed by atoms with van der Waals surface area (Å²) in [4.78, 5) is 2.67. The molecule has 2 aliphatic rings. The van der Waals surface area contributed by atoms with Crippen LogP contribution < -0.4 is 5.73 Å². The Hall–Kier alpha value is -0.0800. The van der Waals surface area contributed by atoms with Gasteiger partial charge in [0.05, 0.1) is 0 Å². The lowest BCUT2D eigenvalue weighted by Crippen LogP contribution is -2.44. The molecule has 0 bridgehead atoms.